The fourth-order valence-corrected chi connectivity index (χ4v) is 3.60. The van der Waals surface area contributed by atoms with E-state index >= 15 is 0 Å². The second-order valence-electron chi connectivity index (χ2n) is 5.77. The van der Waals surface area contributed by atoms with Gasteiger partial charge in [0.05, 0.1) is 12.7 Å². The maximum absolute atomic E-state index is 13.2. The Morgan fingerprint density at radius 1 is 0.885 bits per heavy atom. The molecule has 2 aromatic rings. The van der Waals surface area contributed by atoms with Gasteiger partial charge in [0.2, 0.25) is 0 Å². The number of rotatable bonds is 12. The summed E-state index contributed by atoms with van der Waals surface area (Å²) >= 11 is 0. The topological polar surface area (TPSA) is 54.0 Å². The molecule has 142 valence electrons. The third-order valence-corrected chi connectivity index (χ3v) is 4.96. The summed E-state index contributed by atoms with van der Waals surface area (Å²) in [6.45, 7) is 4.76. The minimum absolute atomic E-state index is 0.144. The minimum Gasteiger partial charge on any atom is -0.395 e. The highest BCUT2D eigenvalue weighted by atomic mass is 31.2. The molecular formula is C20H27O5P. The average Bonchev–Trinajstić information content (AvgIpc) is 2.65. The zero-order valence-corrected chi connectivity index (χ0v) is 16.3. The maximum Gasteiger partial charge on any atom is 0.587 e. The fourth-order valence-electron chi connectivity index (χ4n) is 2.35. The number of benzene rings is 2. The first-order valence-electron chi connectivity index (χ1n) is 9.00. The Balaban J connectivity index is 2.09. The Labute approximate surface area is 155 Å². The number of hydrogen-bond donors (Lipinski definition) is 0. The average molecular weight is 378 g/mol. The van der Waals surface area contributed by atoms with Crippen LogP contribution in [0, 0.1) is 0 Å². The maximum atomic E-state index is 13.2. The van der Waals surface area contributed by atoms with Gasteiger partial charge in [0.25, 0.3) is 0 Å². The van der Waals surface area contributed by atoms with Gasteiger partial charge in [-0.2, -0.15) is 0 Å². The zero-order valence-electron chi connectivity index (χ0n) is 15.4. The quantitative estimate of drug-likeness (QED) is 0.433. The molecule has 1 unspecified atom stereocenters. The SMILES string of the molecule is CCCCC(COP(=O)(Oc1ccccc1)Oc1ccccc1)OCC. The predicted molar refractivity (Wildman–Crippen MR) is 103 cm³/mol. The Kier molecular flexibility index (Phi) is 8.69. The van der Waals surface area contributed by atoms with Crippen LogP contribution in [0.25, 0.3) is 0 Å². The van der Waals surface area contributed by atoms with Gasteiger partial charge in [0.15, 0.2) is 0 Å². The van der Waals surface area contributed by atoms with Crippen LogP contribution >= 0.6 is 7.82 Å². The van der Waals surface area contributed by atoms with E-state index < -0.39 is 7.82 Å². The van der Waals surface area contributed by atoms with E-state index in [9.17, 15) is 4.57 Å². The van der Waals surface area contributed by atoms with E-state index in [0.29, 0.717) is 18.1 Å². The van der Waals surface area contributed by atoms with Crippen molar-refractivity contribution in [3.05, 3.63) is 60.7 Å². The molecule has 2 aromatic carbocycles. The van der Waals surface area contributed by atoms with E-state index in [2.05, 4.69) is 6.92 Å². The molecule has 5 nitrogen and oxygen atoms in total. The van der Waals surface area contributed by atoms with Gasteiger partial charge >= 0.3 is 7.82 Å². The zero-order chi connectivity index (χ0) is 18.7. The number of para-hydroxylation sites is 2. The van der Waals surface area contributed by atoms with E-state index in [0.717, 1.165) is 19.3 Å². The molecule has 0 amide bonds. The second-order valence-corrected chi connectivity index (χ2v) is 7.29. The van der Waals surface area contributed by atoms with Crippen LogP contribution in [0.2, 0.25) is 0 Å². The molecule has 0 saturated carbocycles. The summed E-state index contributed by atoms with van der Waals surface area (Å²) < 4.78 is 35.7. The summed E-state index contributed by atoms with van der Waals surface area (Å²) in [7, 11) is -3.85. The minimum atomic E-state index is -3.85. The summed E-state index contributed by atoms with van der Waals surface area (Å²) in [5.74, 6) is 0.849. The molecule has 0 heterocycles. The summed E-state index contributed by atoms with van der Waals surface area (Å²) in [4.78, 5) is 0. The Morgan fingerprint density at radius 3 is 1.88 bits per heavy atom. The summed E-state index contributed by atoms with van der Waals surface area (Å²) in [6, 6.07) is 17.7. The molecule has 0 radical (unpaired) electrons. The highest BCUT2D eigenvalue weighted by molar-refractivity contribution is 7.49. The Morgan fingerprint density at radius 2 is 1.42 bits per heavy atom. The molecule has 0 bridgehead atoms. The normalized spacial score (nSPS) is 12.5. The van der Waals surface area contributed by atoms with Gasteiger partial charge in [0.1, 0.15) is 11.5 Å². The highest BCUT2D eigenvalue weighted by Gasteiger charge is 2.32. The van der Waals surface area contributed by atoms with Gasteiger partial charge in [-0.25, -0.2) is 4.57 Å². The molecule has 0 aromatic heterocycles. The van der Waals surface area contributed by atoms with Gasteiger partial charge < -0.3 is 13.8 Å². The van der Waals surface area contributed by atoms with Crippen LogP contribution < -0.4 is 9.05 Å². The number of unbranched alkanes of at least 4 members (excludes halogenated alkanes) is 1. The summed E-state index contributed by atoms with van der Waals surface area (Å²) in [6.07, 6.45) is 2.76. The molecule has 1 atom stereocenters. The number of phosphoric acid groups is 1. The standard InChI is InChI=1S/C20H27O5P/c1-3-5-12-20(22-4-2)17-23-26(21,24-18-13-8-6-9-14-18)25-19-15-10-7-11-16-19/h6-11,13-16,20H,3-5,12,17H2,1-2H3. The third kappa shape index (κ3) is 7.20. The van der Waals surface area contributed by atoms with Crippen LogP contribution in [-0.4, -0.2) is 19.3 Å². The van der Waals surface area contributed by atoms with Crippen LogP contribution in [0.4, 0.5) is 0 Å². The first-order chi connectivity index (χ1) is 12.6. The van der Waals surface area contributed by atoms with Crippen molar-refractivity contribution in [1.82, 2.24) is 0 Å². The van der Waals surface area contributed by atoms with Gasteiger partial charge in [-0.05, 0) is 37.6 Å². The number of ether oxygens (including phenoxy) is 1. The Hall–Kier alpha value is -1.81. The largest absolute Gasteiger partial charge is 0.587 e. The van der Waals surface area contributed by atoms with E-state index in [1.165, 1.54) is 0 Å². The lowest BCUT2D eigenvalue weighted by molar-refractivity contribution is 0.0143. The van der Waals surface area contributed by atoms with E-state index in [4.69, 9.17) is 18.3 Å². The summed E-state index contributed by atoms with van der Waals surface area (Å²) in [5.41, 5.74) is 0. The molecule has 26 heavy (non-hydrogen) atoms. The van der Waals surface area contributed by atoms with Crippen molar-refractivity contribution < 1.29 is 22.9 Å². The lowest BCUT2D eigenvalue weighted by Gasteiger charge is -2.22. The van der Waals surface area contributed by atoms with Crippen molar-refractivity contribution in [3.8, 4) is 11.5 Å². The first kappa shape index (κ1) is 20.5. The van der Waals surface area contributed by atoms with Crippen LogP contribution in [0.3, 0.4) is 0 Å². The smallest absolute Gasteiger partial charge is 0.395 e. The lowest BCUT2D eigenvalue weighted by Crippen LogP contribution is -2.21. The summed E-state index contributed by atoms with van der Waals surface area (Å²) in [5, 5.41) is 0. The van der Waals surface area contributed by atoms with Crippen molar-refractivity contribution in [2.24, 2.45) is 0 Å². The molecule has 0 saturated heterocycles. The second kappa shape index (κ2) is 11.0. The third-order valence-electron chi connectivity index (χ3n) is 3.62. The molecule has 0 N–H and O–H groups in total. The van der Waals surface area contributed by atoms with Crippen molar-refractivity contribution in [2.75, 3.05) is 13.2 Å². The van der Waals surface area contributed by atoms with Crippen LogP contribution in [0.5, 0.6) is 11.5 Å². The van der Waals surface area contributed by atoms with Crippen LogP contribution in [-0.2, 0) is 13.8 Å². The highest BCUT2D eigenvalue weighted by Crippen LogP contribution is 2.49. The van der Waals surface area contributed by atoms with Crippen molar-refractivity contribution >= 4 is 7.82 Å². The van der Waals surface area contributed by atoms with Gasteiger partial charge in [-0.1, -0.05) is 56.2 Å². The molecule has 0 aliphatic carbocycles. The Bertz CT molecular complexity index is 617. The predicted octanol–water partition coefficient (Wildman–Crippen LogP) is 5.86. The molecule has 0 aliphatic heterocycles. The lowest BCUT2D eigenvalue weighted by atomic mass is 10.2. The first-order valence-corrected chi connectivity index (χ1v) is 10.5. The van der Waals surface area contributed by atoms with Crippen molar-refractivity contribution in [3.63, 3.8) is 0 Å². The van der Waals surface area contributed by atoms with E-state index in [-0.39, 0.29) is 12.7 Å². The van der Waals surface area contributed by atoms with E-state index in [1.807, 2.05) is 19.1 Å². The van der Waals surface area contributed by atoms with Crippen LogP contribution in [0.15, 0.2) is 60.7 Å². The molecule has 0 spiro atoms. The fraction of sp³-hybridized carbons (Fsp3) is 0.400. The number of hydrogen-bond acceptors (Lipinski definition) is 5. The van der Waals surface area contributed by atoms with E-state index in [1.54, 1.807) is 48.5 Å². The monoisotopic (exact) mass is 378 g/mol. The van der Waals surface area contributed by atoms with Gasteiger partial charge in [-0.15, -0.1) is 0 Å². The molecule has 0 aliphatic rings. The molecule has 6 heteroatoms. The van der Waals surface area contributed by atoms with Crippen LogP contribution in [0.1, 0.15) is 33.1 Å². The molecule has 0 fully saturated rings. The number of phosphoric ester groups is 1. The van der Waals surface area contributed by atoms with Crippen molar-refractivity contribution in [2.45, 2.75) is 39.2 Å². The van der Waals surface area contributed by atoms with Crippen molar-refractivity contribution in [1.29, 1.82) is 0 Å². The molecular weight excluding hydrogens is 351 g/mol. The van der Waals surface area contributed by atoms with Gasteiger partial charge in [-0.3, -0.25) is 4.52 Å². The van der Waals surface area contributed by atoms with Gasteiger partial charge in [0, 0.05) is 6.61 Å². The molecule has 2 rings (SSSR count).